The lowest BCUT2D eigenvalue weighted by Crippen LogP contribution is -2.53. The first-order valence-electron chi connectivity index (χ1n) is 11.8. The van der Waals surface area contributed by atoms with Crippen LogP contribution < -0.4 is 5.32 Å². The molecule has 1 atom stereocenters. The summed E-state index contributed by atoms with van der Waals surface area (Å²) in [5.41, 5.74) is 2.41. The van der Waals surface area contributed by atoms with E-state index in [1.807, 2.05) is 0 Å². The molecule has 0 saturated heterocycles. The number of aliphatic hydroxyl groups is 1. The van der Waals surface area contributed by atoms with E-state index in [1.165, 1.54) is 22.8 Å². The summed E-state index contributed by atoms with van der Waals surface area (Å²) in [6.45, 7) is 0.592. The van der Waals surface area contributed by atoms with Crippen molar-refractivity contribution in [3.63, 3.8) is 0 Å². The van der Waals surface area contributed by atoms with Crippen LogP contribution in [0.25, 0.3) is 0 Å². The number of hydrogen-bond donors (Lipinski definition) is 3. The van der Waals surface area contributed by atoms with Gasteiger partial charge >= 0.3 is 11.9 Å². The number of nitrogens with zero attached hydrogens (tertiary/aromatic N) is 2. The minimum absolute atomic E-state index is 0.0702. The lowest BCUT2D eigenvalue weighted by molar-refractivity contribution is -0.204. The summed E-state index contributed by atoms with van der Waals surface area (Å²) in [6, 6.07) is 7.66. The molecule has 182 valence electrons. The van der Waals surface area contributed by atoms with E-state index in [0.717, 1.165) is 55.9 Å². The molecule has 2 aliphatic rings. The van der Waals surface area contributed by atoms with Gasteiger partial charge in [0, 0.05) is 24.9 Å². The molecular formula is C25H30FN3O5. The highest BCUT2D eigenvalue weighted by Gasteiger charge is 2.41. The van der Waals surface area contributed by atoms with Crippen molar-refractivity contribution in [3.05, 3.63) is 59.0 Å². The molecule has 0 radical (unpaired) electrons. The number of aliphatic hydroxyl groups excluding tert-OH is 1. The summed E-state index contributed by atoms with van der Waals surface area (Å²) in [6.07, 6.45) is 5.17. The maximum Gasteiger partial charge on any atom is 0.357 e. The second kappa shape index (κ2) is 10.9. The maximum atomic E-state index is 13.2. The summed E-state index contributed by atoms with van der Waals surface area (Å²) < 4.78 is 13.2. The van der Waals surface area contributed by atoms with Crippen molar-refractivity contribution in [2.45, 2.75) is 57.0 Å². The van der Waals surface area contributed by atoms with Crippen LogP contribution in [0.5, 0.6) is 0 Å². The van der Waals surface area contributed by atoms with E-state index in [1.54, 1.807) is 0 Å². The highest BCUT2D eigenvalue weighted by Crippen LogP contribution is 2.37. The van der Waals surface area contributed by atoms with Crippen LogP contribution in [-0.2, 0) is 22.5 Å². The Labute approximate surface area is 197 Å². The van der Waals surface area contributed by atoms with Crippen LogP contribution in [0, 0.1) is 11.7 Å². The predicted molar refractivity (Wildman–Crippen MR) is 123 cm³/mol. The number of aromatic nitrogens is 1. The molecule has 0 spiro atoms. The summed E-state index contributed by atoms with van der Waals surface area (Å²) in [5, 5.41) is 23.6. The average molecular weight is 472 g/mol. The van der Waals surface area contributed by atoms with Gasteiger partial charge in [0.2, 0.25) is 0 Å². The van der Waals surface area contributed by atoms with Gasteiger partial charge in [-0.15, -0.1) is 5.06 Å². The highest BCUT2D eigenvalue weighted by atomic mass is 19.1. The molecule has 4 rings (SSSR count). The Bertz CT molecular complexity index is 1010. The fourth-order valence-electron chi connectivity index (χ4n) is 4.61. The summed E-state index contributed by atoms with van der Waals surface area (Å²) >= 11 is 0. The summed E-state index contributed by atoms with van der Waals surface area (Å²) in [5.74, 6) is -1.08. The number of pyridine rings is 1. The summed E-state index contributed by atoms with van der Waals surface area (Å²) in [4.78, 5) is 34.7. The predicted octanol–water partition coefficient (Wildman–Crippen LogP) is 3.20. The Morgan fingerprint density at radius 2 is 1.97 bits per heavy atom. The van der Waals surface area contributed by atoms with E-state index in [9.17, 15) is 24.2 Å². The van der Waals surface area contributed by atoms with Crippen molar-refractivity contribution < 1.29 is 29.0 Å². The molecule has 2 heterocycles. The van der Waals surface area contributed by atoms with E-state index < -0.39 is 23.8 Å². The van der Waals surface area contributed by atoms with E-state index in [-0.39, 0.29) is 24.6 Å². The number of aliphatic carboxylic acids is 1. The van der Waals surface area contributed by atoms with Gasteiger partial charge in [-0.05, 0) is 86.8 Å². The number of nitrogens with one attached hydrogen (secondary N) is 1. The normalized spacial score (nSPS) is 20.1. The highest BCUT2D eigenvalue weighted by molar-refractivity contribution is 5.89. The van der Waals surface area contributed by atoms with Crippen LogP contribution in [0.2, 0.25) is 0 Å². The second-order valence-corrected chi connectivity index (χ2v) is 8.98. The van der Waals surface area contributed by atoms with Gasteiger partial charge in [-0.3, -0.25) is 4.79 Å². The number of hydroxylamine groups is 2. The number of hydrogen-bond acceptors (Lipinski definition) is 7. The molecule has 0 unspecified atom stereocenters. The number of aryl methyl sites for hydroxylation is 2. The topological polar surface area (TPSA) is 112 Å². The molecule has 9 heteroatoms. The third kappa shape index (κ3) is 5.71. The molecule has 1 saturated carbocycles. The lowest BCUT2D eigenvalue weighted by atomic mass is 9.76. The zero-order valence-electron chi connectivity index (χ0n) is 19.0. The number of anilines is 1. The number of halogens is 1. The van der Waals surface area contributed by atoms with E-state index in [4.69, 9.17) is 9.82 Å². The molecule has 1 aliphatic carbocycles. The Morgan fingerprint density at radius 3 is 2.68 bits per heavy atom. The van der Waals surface area contributed by atoms with Gasteiger partial charge in [-0.25, -0.2) is 14.2 Å². The SMILES string of the molecule is O=C(ON(C1CC(CCc2ccc3c(n2)NCCC3)C1)[C@@H](CCO)C(=O)O)c1ccc(F)cc1. The Kier molecular flexibility index (Phi) is 7.74. The van der Waals surface area contributed by atoms with Crippen molar-refractivity contribution in [1.82, 2.24) is 10.0 Å². The monoisotopic (exact) mass is 471 g/mol. The zero-order chi connectivity index (χ0) is 24.1. The first-order valence-corrected chi connectivity index (χ1v) is 11.8. The van der Waals surface area contributed by atoms with Crippen molar-refractivity contribution in [2.24, 2.45) is 5.92 Å². The number of benzene rings is 1. The quantitative estimate of drug-likeness (QED) is 0.453. The maximum absolute atomic E-state index is 13.2. The largest absolute Gasteiger partial charge is 0.480 e. The van der Waals surface area contributed by atoms with Crippen LogP contribution in [0.3, 0.4) is 0 Å². The number of carbonyl (C=O) groups excluding carboxylic acids is 1. The molecule has 0 bridgehead atoms. The van der Waals surface area contributed by atoms with Gasteiger partial charge < -0.3 is 20.4 Å². The van der Waals surface area contributed by atoms with E-state index in [0.29, 0.717) is 18.8 Å². The number of fused-ring (bicyclic) bond motifs is 1. The number of carboxylic acid groups (broad SMARTS) is 1. The molecule has 8 nitrogen and oxygen atoms in total. The molecule has 34 heavy (non-hydrogen) atoms. The fraction of sp³-hybridized carbons (Fsp3) is 0.480. The van der Waals surface area contributed by atoms with Gasteiger partial charge in [-0.1, -0.05) is 6.07 Å². The van der Waals surface area contributed by atoms with Gasteiger partial charge in [0.05, 0.1) is 5.56 Å². The van der Waals surface area contributed by atoms with Crippen molar-refractivity contribution in [1.29, 1.82) is 0 Å². The van der Waals surface area contributed by atoms with Gasteiger partial charge in [-0.2, -0.15) is 0 Å². The lowest BCUT2D eigenvalue weighted by Gasteiger charge is -2.43. The van der Waals surface area contributed by atoms with Gasteiger partial charge in [0.15, 0.2) is 0 Å². The van der Waals surface area contributed by atoms with Crippen LogP contribution in [0.1, 0.15) is 53.7 Å². The van der Waals surface area contributed by atoms with Gasteiger partial charge in [0.25, 0.3) is 0 Å². The van der Waals surface area contributed by atoms with Crippen LogP contribution >= 0.6 is 0 Å². The summed E-state index contributed by atoms with van der Waals surface area (Å²) in [7, 11) is 0. The Morgan fingerprint density at radius 1 is 1.21 bits per heavy atom. The van der Waals surface area contributed by atoms with Crippen molar-refractivity contribution in [2.75, 3.05) is 18.5 Å². The first-order chi connectivity index (χ1) is 16.4. The van der Waals surface area contributed by atoms with Crippen LogP contribution in [-0.4, -0.2) is 57.4 Å². The Balaban J connectivity index is 1.37. The molecular weight excluding hydrogens is 441 g/mol. The minimum Gasteiger partial charge on any atom is -0.480 e. The standard InChI is InChI=1S/C25H30FN3O5/c26-19-7-4-18(5-8-19)25(33)34-29(22(11-13-30)24(31)32)21-14-16(15-21)3-9-20-10-6-17-2-1-12-27-23(17)28-20/h4-8,10,16,21-22,30H,1-3,9,11-15H2,(H,27,28)(H,31,32)/t16?,21?,22-/m0/s1. The molecule has 3 N–H and O–H groups in total. The molecule has 1 aromatic heterocycles. The van der Waals surface area contributed by atoms with Crippen molar-refractivity contribution >= 4 is 17.8 Å². The van der Waals surface area contributed by atoms with E-state index >= 15 is 0 Å². The minimum atomic E-state index is -1.17. The molecule has 1 aromatic carbocycles. The number of carbonyl (C=O) groups is 2. The molecule has 0 amide bonds. The van der Waals surface area contributed by atoms with Crippen LogP contribution in [0.4, 0.5) is 10.2 Å². The first kappa shape index (κ1) is 24.1. The Hall–Kier alpha value is -3.04. The van der Waals surface area contributed by atoms with E-state index in [2.05, 4.69) is 17.4 Å². The van der Waals surface area contributed by atoms with Gasteiger partial charge in [0.1, 0.15) is 17.7 Å². The van der Waals surface area contributed by atoms with Crippen molar-refractivity contribution in [3.8, 4) is 0 Å². The molecule has 1 aliphatic heterocycles. The number of rotatable bonds is 10. The average Bonchev–Trinajstić information content (AvgIpc) is 2.81. The number of carboxylic acids is 1. The third-order valence-corrected chi connectivity index (χ3v) is 6.59. The van der Waals surface area contributed by atoms with Crippen LogP contribution in [0.15, 0.2) is 36.4 Å². The molecule has 2 aromatic rings. The second-order valence-electron chi connectivity index (χ2n) is 8.98. The smallest absolute Gasteiger partial charge is 0.357 e. The molecule has 1 fully saturated rings. The fourth-order valence-corrected chi connectivity index (χ4v) is 4.61. The third-order valence-electron chi connectivity index (χ3n) is 6.59. The zero-order valence-corrected chi connectivity index (χ0v) is 19.0.